The zero-order chi connectivity index (χ0) is 18.5. The van der Waals surface area contributed by atoms with Crippen molar-refractivity contribution in [2.75, 3.05) is 26.3 Å². The van der Waals surface area contributed by atoms with E-state index in [-0.39, 0.29) is 17.7 Å². The highest BCUT2D eigenvalue weighted by atomic mass is 16.5. The maximum Gasteiger partial charge on any atom is 0.245 e. The number of H-pyrrole nitrogens is 1. The molecule has 1 aromatic heterocycles. The van der Waals surface area contributed by atoms with Gasteiger partial charge in [0, 0.05) is 43.0 Å². The zero-order valence-electron chi connectivity index (χ0n) is 15.5. The zero-order valence-corrected chi connectivity index (χ0v) is 15.5. The predicted molar refractivity (Wildman–Crippen MR) is 101 cm³/mol. The molecule has 0 unspecified atom stereocenters. The van der Waals surface area contributed by atoms with E-state index >= 15 is 0 Å². The molecule has 26 heavy (non-hydrogen) atoms. The first-order chi connectivity index (χ1) is 12.5. The molecule has 0 aliphatic carbocycles. The minimum absolute atomic E-state index is 0.0318. The molecular weight excluding hydrogens is 330 g/mol. The highest BCUT2D eigenvalue weighted by molar-refractivity contribution is 5.89. The van der Waals surface area contributed by atoms with Crippen LogP contribution in [0.15, 0.2) is 30.5 Å². The van der Waals surface area contributed by atoms with Crippen LogP contribution in [0.4, 0.5) is 0 Å². The van der Waals surface area contributed by atoms with Crippen LogP contribution in [0.2, 0.25) is 0 Å². The Kier molecular flexibility index (Phi) is 5.93. The molecule has 2 N–H and O–H groups in total. The molecule has 2 amide bonds. The van der Waals surface area contributed by atoms with Crippen molar-refractivity contribution in [3.63, 3.8) is 0 Å². The fraction of sp³-hybridized carbons (Fsp3) is 0.500. The standard InChI is InChI=1S/C20H27N3O3/c1-14(2)11-19(24)22-18(20(25)23-7-9-26-10-8-23)12-15-13-21-17-6-4-3-5-16(15)17/h3-6,13-14,18,21H,7-12H2,1-2H3,(H,22,24)/t18-/m0/s1. The van der Waals surface area contributed by atoms with Crippen molar-refractivity contribution in [2.24, 2.45) is 5.92 Å². The number of benzene rings is 1. The number of nitrogens with one attached hydrogen (secondary N) is 2. The van der Waals surface area contributed by atoms with Gasteiger partial charge in [-0.15, -0.1) is 0 Å². The van der Waals surface area contributed by atoms with Gasteiger partial charge in [-0.05, 0) is 17.5 Å². The second-order valence-corrected chi connectivity index (χ2v) is 7.22. The van der Waals surface area contributed by atoms with Crippen molar-refractivity contribution >= 4 is 22.7 Å². The summed E-state index contributed by atoms with van der Waals surface area (Å²) in [4.78, 5) is 30.4. The van der Waals surface area contributed by atoms with Gasteiger partial charge in [0.15, 0.2) is 0 Å². The molecule has 2 heterocycles. The summed E-state index contributed by atoms with van der Waals surface area (Å²) in [6.45, 7) is 6.24. The number of hydrogen-bond donors (Lipinski definition) is 2. The lowest BCUT2D eigenvalue weighted by Gasteiger charge is -2.31. The maximum absolute atomic E-state index is 13.0. The Morgan fingerprint density at radius 1 is 1.23 bits per heavy atom. The highest BCUT2D eigenvalue weighted by Gasteiger charge is 2.28. The van der Waals surface area contributed by atoms with Gasteiger partial charge in [0.25, 0.3) is 0 Å². The van der Waals surface area contributed by atoms with Crippen molar-refractivity contribution in [1.29, 1.82) is 0 Å². The van der Waals surface area contributed by atoms with Gasteiger partial charge >= 0.3 is 0 Å². The molecule has 1 aromatic carbocycles. The normalized spacial score (nSPS) is 16.0. The van der Waals surface area contributed by atoms with E-state index in [1.54, 1.807) is 4.90 Å². The summed E-state index contributed by atoms with van der Waals surface area (Å²) in [6, 6.07) is 7.44. The Morgan fingerprint density at radius 3 is 2.69 bits per heavy atom. The molecule has 0 spiro atoms. The summed E-state index contributed by atoms with van der Waals surface area (Å²) < 4.78 is 5.34. The molecule has 3 rings (SSSR count). The van der Waals surface area contributed by atoms with Crippen LogP contribution in [-0.4, -0.2) is 54.0 Å². The fourth-order valence-corrected chi connectivity index (χ4v) is 3.35. The molecule has 6 heteroatoms. The summed E-state index contributed by atoms with van der Waals surface area (Å²) in [7, 11) is 0. The van der Waals surface area contributed by atoms with Crippen molar-refractivity contribution in [1.82, 2.24) is 15.2 Å². The van der Waals surface area contributed by atoms with Gasteiger partial charge in [0.2, 0.25) is 11.8 Å². The fourth-order valence-electron chi connectivity index (χ4n) is 3.35. The first-order valence-corrected chi connectivity index (χ1v) is 9.25. The molecule has 140 valence electrons. The number of aromatic amines is 1. The number of rotatable bonds is 6. The molecule has 1 aliphatic heterocycles. The Morgan fingerprint density at radius 2 is 1.96 bits per heavy atom. The van der Waals surface area contributed by atoms with Crippen molar-refractivity contribution < 1.29 is 14.3 Å². The van der Waals surface area contributed by atoms with E-state index in [9.17, 15) is 9.59 Å². The van der Waals surface area contributed by atoms with E-state index in [2.05, 4.69) is 10.3 Å². The maximum atomic E-state index is 13.0. The average Bonchev–Trinajstić information content (AvgIpc) is 3.04. The summed E-state index contributed by atoms with van der Waals surface area (Å²) >= 11 is 0. The molecule has 1 fully saturated rings. The summed E-state index contributed by atoms with van der Waals surface area (Å²) in [6.07, 6.45) is 2.82. The van der Waals surface area contributed by atoms with Crippen molar-refractivity contribution in [2.45, 2.75) is 32.7 Å². The number of morpholine rings is 1. The van der Waals surface area contributed by atoms with Crippen LogP contribution in [-0.2, 0) is 20.7 Å². The SMILES string of the molecule is CC(C)CC(=O)N[C@@H](Cc1c[nH]c2ccccc12)C(=O)N1CCOCC1. The first-order valence-electron chi connectivity index (χ1n) is 9.25. The van der Waals surface area contributed by atoms with Gasteiger partial charge in [-0.2, -0.15) is 0 Å². The van der Waals surface area contributed by atoms with Gasteiger partial charge < -0.3 is 19.9 Å². The van der Waals surface area contributed by atoms with Gasteiger partial charge in [-0.3, -0.25) is 9.59 Å². The van der Waals surface area contributed by atoms with E-state index in [1.807, 2.05) is 44.3 Å². The highest BCUT2D eigenvalue weighted by Crippen LogP contribution is 2.20. The predicted octanol–water partition coefficient (Wildman–Crippen LogP) is 2.10. The molecule has 1 atom stereocenters. The van der Waals surface area contributed by atoms with Gasteiger partial charge in [-0.25, -0.2) is 0 Å². The molecule has 0 bridgehead atoms. The van der Waals surface area contributed by atoms with Crippen LogP contribution in [0.5, 0.6) is 0 Å². The lowest BCUT2D eigenvalue weighted by atomic mass is 10.0. The topological polar surface area (TPSA) is 74.4 Å². The van der Waals surface area contributed by atoms with Crippen LogP contribution in [0, 0.1) is 5.92 Å². The average molecular weight is 357 g/mol. The number of nitrogens with zero attached hydrogens (tertiary/aromatic N) is 1. The molecule has 6 nitrogen and oxygen atoms in total. The number of fused-ring (bicyclic) bond motifs is 1. The monoisotopic (exact) mass is 357 g/mol. The molecule has 1 saturated heterocycles. The van der Waals surface area contributed by atoms with Gasteiger partial charge in [-0.1, -0.05) is 32.0 Å². The number of hydrogen-bond acceptors (Lipinski definition) is 3. The van der Waals surface area contributed by atoms with E-state index in [4.69, 9.17) is 4.74 Å². The number of aromatic nitrogens is 1. The minimum atomic E-state index is -0.557. The summed E-state index contributed by atoms with van der Waals surface area (Å²) in [5, 5.41) is 4.05. The Hall–Kier alpha value is -2.34. The Bertz CT molecular complexity index is 763. The number of carbonyl (C=O) groups is 2. The lowest BCUT2D eigenvalue weighted by molar-refractivity contribution is -0.140. The number of amides is 2. The second-order valence-electron chi connectivity index (χ2n) is 7.22. The first kappa shape index (κ1) is 18.5. The molecule has 1 aliphatic rings. The van der Waals surface area contributed by atoms with E-state index < -0.39 is 6.04 Å². The smallest absolute Gasteiger partial charge is 0.245 e. The van der Waals surface area contributed by atoms with Crippen LogP contribution in [0.1, 0.15) is 25.8 Å². The number of para-hydroxylation sites is 1. The molecule has 2 aromatic rings. The summed E-state index contributed by atoms with van der Waals surface area (Å²) in [5.41, 5.74) is 2.07. The van der Waals surface area contributed by atoms with Gasteiger partial charge in [0.05, 0.1) is 13.2 Å². The van der Waals surface area contributed by atoms with Crippen molar-refractivity contribution in [3.8, 4) is 0 Å². The van der Waals surface area contributed by atoms with Crippen LogP contribution in [0.25, 0.3) is 10.9 Å². The van der Waals surface area contributed by atoms with Crippen LogP contribution in [0.3, 0.4) is 0 Å². The second kappa shape index (κ2) is 8.36. The van der Waals surface area contributed by atoms with Crippen molar-refractivity contribution in [3.05, 3.63) is 36.0 Å². The van der Waals surface area contributed by atoms with E-state index in [0.29, 0.717) is 39.1 Å². The third-order valence-electron chi connectivity index (χ3n) is 4.65. The minimum Gasteiger partial charge on any atom is -0.378 e. The Balaban J connectivity index is 1.79. The summed E-state index contributed by atoms with van der Waals surface area (Å²) in [5.74, 6) is 0.143. The molecule has 0 saturated carbocycles. The van der Waals surface area contributed by atoms with E-state index in [1.165, 1.54) is 0 Å². The molecule has 0 radical (unpaired) electrons. The quantitative estimate of drug-likeness (QED) is 0.831. The van der Waals surface area contributed by atoms with Gasteiger partial charge in [0.1, 0.15) is 6.04 Å². The van der Waals surface area contributed by atoms with Crippen LogP contribution < -0.4 is 5.32 Å². The number of carbonyl (C=O) groups excluding carboxylic acids is 2. The lowest BCUT2D eigenvalue weighted by Crippen LogP contribution is -2.52. The third kappa shape index (κ3) is 4.43. The Labute approximate surface area is 153 Å². The largest absolute Gasteiger partial charge is 0.378 e. The number of ether oxygens (including phenoxy) is 1. The van der Waals surface area contributed by atoms with Crippen LogP contribution >= 0.6 is 0 Å². The third-order valence-corrected chi connectivity index (χ3v) is 4.65. The van der Waals surface area contributed by atoms with E-state index in [0.717, 1.165) is 16.5 Å². The molecular formula is C20H27N3O3.